The monoisotopic (exact) mass is 299 g/mol. The lowest BCUT2D eigenvalue weighted by atomic mass is 9.89. The average Bonchev–Trinajstić information content (AvgIpc) is 3.10. The van der Waals surface area contributed by atoms with Crippen LogP contribution in [0.2, 0.25) is 0 Å². The van der Waals surface area contributed by atoms with E-state index in [1.54, 1.807) is 6.20 Å². The molecule has 1 aromatic heterocycles. The second-order valence-electron chi connectivity index (χ2n) is 5.93. The van der Waals surface area contributed by atoms with Crippen molar-refractivity contribution in [2.24, 2.45) is 0 Å². The van der Waals surface area contributed by atoms with Crippen LogP contribution in [0.25, 0.3) is 11.1 Å². The first-order valence-electron chi connectivity index (χ1n) is 7.72. The SMILES string of the molecule is CCC1(O)CCN(C(=O)c2ccc(-c3cn[nH]c3)cc2)CC1. The predicted octanol–water partition coefficient (Wildman–Crippen LogP) is 2.45. The average molecular weight is 299 g/mol. The number of aromatic amines is 1. The number of aromatic nitrogens is 2. The van der Waals surface area contributed by atoms with Crippen LogP contribution in [-0.2, 0) is 0 Å². The van der Waals surface area contributed by atoms with Gasteiger partial charge in [0.2, 0.25) is 0 Å². The van der Waals surface area contributed by atoms with Crippen LogP contribution in [0.15, 0.2) is 36.7 Å². The van der Waals surface area contributed by atoms with Crippen molar-refractivity contribution in [2.45, 2.75) is 31.8 Å². The number of rotatable bonds is 3. The smallest absolute Gasteiger partial charge is 0.253 e. The quantitative estimate of drug-likeness (QED) is 0.914. The summed E-state index contributed by atoms with van der Waals surface area (Å²) >= 11 is 0. The highest BCUT2D eigenvalue weighted by Gasteiger charge is 2.32. The van der Waals surface area contributed by atoms with Crippen LogP contribution < -0.4 is 0 Å². The summed E-state index contributed by atoms with van der Waals surface area (Å²) in [4.78, 5) is 14.4. The molecule has 0 unspecified atom stereocenters. The first-order valence-corrected chi connectivity index (χ1v) is 7.72. The van der Waals surface area contributed by atoms with Crippen molar-refractivity contribution in [3.05, 3.63) is 42.2 Å². The lowest BCUT2D eigenvalue weighted by molar-refractivity contribution is -0.0193. The van der Waals surface area contributed by atoms with Gasteiger partial charge >= 0.3 is 0 Å². The van der Waals surface area contributed by atoms with Gasteiger partial charge in [-0.1, -0.05) is 19.1 Å². The minimum Gasteiger partial charge on any atom is -0.390 e. The van der Waals surface area contributed by atoms with Crippen molar-refractivity contribution in [2.75, 3.05) is 13.1 Å². The molecule has 1 fully saturated rings. The molecule has 2 aromatic rings. The highest BCUT2D eigenvalue weighted by Crippen LogP contribution is 2.26. The van der Waals surface area contributed by atoms with E-state index in [-0.39, 0.29) is 5.91 Å². The summed E-state index contributed by atoms with van der Waals surface area (Å²) in [6.45, 7) is 3.23. The Morgan fingerprint density at radius 2 is 1.95 bits per heavy atom. The number of hydrogen-bond acceptors (Lipinski definition) is 3. The molecule has 0 bridgehead atoms. The van der Waals surface area contributed by atoms with Crippen molar-refractivity contribution in [1.82, 2.24) is 15.1 Å². The molecular weight excluding hydrogens is 278 g/mol. The van der Waals surface area contributed by atoms with Gasteiger partial charge in [0.15, 0.2) is 0 Å². The number of nitrogens with one attached hydrogen (secondary N) is 1. The van der Waals surface area contributed by atoms with Gasteiger partial charge < -0.3 is 10.0 Å². The summed E-state index contributed by atoms with van der Waals surface area (Å²) in [6, 6.07) is 7.57. The summed E-state index contributed by atoms with van der Waals surface area (Å²) in [5, 5.41) is 17.0. The van der Waals surface area contributed by atoms with Crippen molar-refractivity contribution < 1.29 is 9.90 Å². The Hall–Kier alpha value is -2.14. The highest BCUT2D eigenvalue weighted by molar-refractivity contribution is 5.94. The standard InChI is InChI=1S/C17H21N3O2/c1-2-17(22)7-9-20(10-8-17)16(21)14-5-3-13(4-6-14)15-11-18-19-12-15/h3-6,11-12,22H,2,7-10H2,1H3,(H,18,19). The molecule has 0 atom stereocenters. The zero-order valence-electron chi connectivity index (χ0n) is 12.7. The maximum absolute atomic E-state index is 12.5. The van der Waals surface area contributed by atoms with Crippen LogP contribution in [0.4, 0.5) is 0 Å². The Morgan fingerprint density at radius 1 is 1.27 bits per heavy atom. The molecule has 2 heterocycles. The van der Waals surface area contributed by atoms with Gasteiger partial charge in [-0.25, -0.2) is 0 Å². The van der Waals surface area contributed by atoms with Crippen molar-refractivity contribution in [3.8, 4) is 11.1 Å². The molecule has 1 aliphatic heterocycles. The molecule has 3 rings (SSSR count). The number of carbonyl (C=O) groups is 1. The molecule has 2 N–H and O–H groups in total. The fourth-order valence-electron chi connectivity index (χ4n) is 2.88. The second-order valence-corrected chi connectivity index (χ2v) is 5.93. The molecule has 1 saturated heterocycles. The number of piperidine rings is 1. The van der Waals surface area contributed by atoms with Crippen LogP contribution in [0.3, 0.4) is 0 Å². The zero-order valence-corrected chi connectivity index (χ0v) is 12.7. The van der Waals surface area contributed by atoms with E-state index in [1.165, 1.54) is 0 Å². The van der Waals surface area contributed by atoms with Crippen LogP contribution in [-0.4, -0.2) is 44.8 Å². The number of likely N-dealkylation sites (tertiary alicyclic amines) is 1. The van der Waals surface area contributed by atoms with Gasteiger partial charge in [-0.2, -0.15) is 5.10 Å². The molecule has 0 radical (unpaired) electrons. The molecule has 22 heavy (non-hydrogen) atoms. The number of amides is 1. The Bertz CT molecular complexity index is 626. The molecule has 1 aromatic carbocycles. The highest BCUT2D eigenvalue weighted by atomic mass is 16.3. The largest absolute Gasteiger partial charge is 0.390 e. The topological polar surface area (TPSA) is 69.2 Å². The zero-order chi connectivity index (χ0) is 15.6. The van der Waals surface area contributed by atoms with Gasteiger partial charge in [-0.15, -0.1) is 0 Å². The minimum atomic E-state index is -0.595. The Kier molecular flexibility index (Phi) is 3.98. The van der Waals surface area contributed by atoms with E-state index in [0.29, 0.717) is 31.5 Å². The third-order valence-electron chi connectivity index (χ3n) is 4.60. The molecule has 5 nitrogen and oxygen atoms in total. The summed E-state index contributed by atoms with van der Waals surface area (Å²) in [5.41, 5.74) is 2.13. The van der Waals surface area contributed by atoms with Crippen LogP contribution >= 0.6 is 0 Å². The number of benzene rings is 1. The normalized spacial score (nSPS) is 17.5. The van der Waals surface area contributed by atoms with E-state index in [4.69, 9.17) is 0 Å². The van der Waals surface area contributed by atoms with Gasteiger partial charge in [-0.05, 0) is 37.0 Å². The third-order valence-corrected chi connectivity index (χ3v) is 4.60. The fraction of sp³-hybridized carbons (Fsp3) is 0.412. The minimum absolute atomic E-state index is 0.0388. The Labute approximate surface area is 130 Å². The van der Waals surface area contributed by atoms with Crippen molar-refractivity contribution in [3.63, 3.8) is 0 Å². The summed E-state index contributed by atoms with van der Waals surface area (Å²) in [6.07, 6.45) is 5.64. The molecule has 116 valence electrons. The van der Waals surface area contributed by atoms with E-state index in [1.807, 2.05) is 42.3 Å². The van der Waals surface area contributed by atoms with Gasteiger partial charge in [0.05, 0.1) is 11.8 Å². The summed E-state index contributed by atoms with van der Waals surface area (Å²) in [7, 11) is 0. The predicted molar refractivity (Wildman–Crippen MR) is 84.4 cm³/mol. The maximum Gasteiger partial charge on any atom is 0.253 e. The van der Waals surface area contributed by atoms with Crippen LogP contribution in [0.5, 0.6) is 0 Å². The Balaban J connectivity index is 1.68. The van der Waals surface area contributed by atoms with E-state index >= 15 is 0 Å². The molecule has 5 heteroatoms. The Morgan fingerprint density at radius 3 is 2.50 bits per heavy atom. The lowest BCUT2D eigenvalue weighted by Crippen LogP contribution is -2.46. The fourth-order valence-corrected chi connectivity index (χ4v) is 2.88. The first kappa shape index (κ1) is 14.8. The van der Waals surface area contributed by atoms with Crippen molar-refractivity contribution in [1.29, 1.82) is 0 Å². The van der Waals surface area contributed by atoms with E-state index in [0.717, 1.165) is 17.5 Å². The number of aliphatic hydroxyl groups is 1. The van der Waals surface area contributed by atoms with Crippen LogP contribution in [0.1, 0.15) is 36.5 Å². The third kappa shape index (κ3) is 2.90. The lowest BCUT2D eigenvalue weighted by Gasteiger charge is -2.37. The van der Waals surface area contributed by atoms with Crippen molar-refractivity contribution >= 4 is 5.91 Å². The number of nitrogens with zero attached hydrogens (tertiary/aromatic N) is 2. The molecule has 1 aliphatic rings. The molecule has 0 spiro atoms. The molecular formula is C17H21N3O2. The first-order chi connectivity index (χ1) is 10.6. The summed E-state index contributed by atoms with van der Waals surface area (Å²) < 4.78 is 0. The molecule has 0 saturated carbocycles. The maximum atomic E-state index is 12.5. The van der Waals surface area contributed by atoms with Gasteiger partial charge in [0.25, 0.3) is 5.91 Å². The number of H-pyrrole nitrogens is 1. The van der Waals surface area contributed by atoms with Crippen LogP contribution in [0, 0.1) is 0 Å². The van der Waals surface area contributed by atoms with Gasteiger partial charge in [0, 0.05) is 30.4 Å². The van der Waals surface area contributed by atoms with Gasteiger partial charge in [-0.3, -0.25) is 9.89 Å². The van der Waals surface area contributed by atoms with Gasteiger partial charge in [0.1, 0.15) is 0 Å². The second kappa shape index (κ2) is 5.93. The summed E-state index contributed by atoms with van der Waals surface area (Å²) in [5.74, 6) is 0.0388. The van der Waals surface area contributed by atoms with E-state index in [9.17, 15) is 9.90 Å². The number of hydrogen-bond donors (Lipinski definition) is 2. The van der Waals surface area contributed by atoms with E-state index < -0.39 is 5.60 Å². The van der Waals surface area contributed by atoms with E-state index in [2.05, 4.69) is 10.2 Å². The molecule has 0 aliphatic carbocycles. The number of carbonyl (C=O) groups excluding carboxylic acids is 1. The molecule has 1 amide bonds.